The van der Waals surface area contributed by atoms with Crippen LogP contribution in [0.1, 0.15) is 348 Å². The molecule has 0 aromatic rings. The van der Waals surface area contributed by atoms with Crippen LogP contribution in [0, 0.1) is 0 Å². The number of rotatable bonds is 59. The Balaban J connectivity index is 3.95. The topological polar surface area (TPSA) is 78.9 Å². The Morgan fingerprint density at radius 3 is 0.806 bits per heavy atom. The number of allylic oxidation sites excluding steroid dienone is 6. The molecule has 1 atom stereocenters. The monoisotopic (exact) mass is 1010 g/mol. The average Bonchev–Trinajstić information content (AvgIpc) is 3.38. The van der Waals surface area contributed by atoms with Crippen molar-refractivity contribution in [2.45, 2.75) is 354 Å². The summed E-state index contributed by atoms with van der Waals surface area (Å²) in [6.07, 6.45) is 75.0. The molecule has 0 heterocycles. The van der Waals surface area contributed by atoms with E-state index in [0.29, 0.717) is 19.3 Å². The zero-order chi connectivity index (χ0) is 52.2. The predicted octanol–water partition coefficient (Wildman–Crippen LogP) is 21.6. The summed E-state index contributed by atoms with van der Waals surface area (Å²) in [7, 11) is 0. The van der Waals surface area contributed by atoms with Gasteiger partial charge in [-0.15, -0.1) is 0 Å². The van der Waals surface area contributed by atoms with Crippen LogP contribution >= 0.6 is 0 Å². The van der Waals surface area contributed by atoms with Gasteiger partial charge in [-0.25, -0.2) is 0 Å². The maximum absolute atomic E-state index is 12.8. The van der Waals surface area contributed by atoms with Crippen molar-refractivity contribution >= 4 is 17.9 Å². The van der Waals surface area contributed by atoms with E-state index in [1.165, 1.54) is 225 Å². The molecule has 0 aromatic carbocycles. The second-order valence-corrected chi connectivity index (χ2v) is 21.7. The summed E-state index contributed by atoms with van der Waals surface area (Å²) in [6, 6.07) is 0. The highest BCUT2D eigenvalue weighted by Gasteiger charge is 2.19. The minimum absolute atomic E-state index is 0.0742. The zero-order valence-electron chi connectivity index (χ0n) is 48.5. The highest BCUT2D eigenvalue weighted by Crippen LogP contribution is 2.18. The van der Waals surface area contributed by atoms with E-state index in [2.05, 4.69) is 57.2 Å². The van der Waals surface area contributed by atoms with Crippen molar-refractivity contribution in [3.8, 4) is 0 Å². The Labute approximate surface area is 448 Å². The van der Waals surface area contributed by atoms with Crippen LogP contribution in [0.3, 0.4) is 0 Å². The number of carbonyl (C=O) groups is 3. The molecule has 0 saturated carbocycles. The average molecular weight is 1010 g/mol. The smallest absolute Gasteiger partial charge is 0.306 e. The van der Waals surface area contributed by atoms with Crippen molar-refractivity contribution in [2.24, 2.45) is 0 Å². The molecule has 0 aliphatic carbocycles. The number of carbonyl (C=O) groups excluding carboxylic acids is 3. The summed E-state index contributed by atoms with van der Waals surface area (Å²) in [5.74, 6) is -0.883. The van der Waals surface area contributed by atoms with Gasteiger partial charge in [-0.05, 0) is 57.8 Å². The van der Waals surface area contributed by atoms with Gasteiger partial charge < -0.3 is 14.2 Å². The number of unbranched alkanes of at least 4 members (excludes halogenated alkanes) is 42. The summed E-state index contributed by atoms with van der Waals surface area (Å²) in [5.41, 5.74) is 0. The van der Waals surface area contributed by atoms with Crippen LogP contribution < -0.4 is 0 Å². The normalized spacial score (nSPS) is 12.2. The first-order chi connectivity index (χ1) is 35.5. The van der Waals surface area contributed by atoms with Gasteiger partial charge >= 0.3 is 17.9 Å². The third kappa shape index (κ3) is 58.5. The Morgan fingerprint density at radius 1 is 0.278 bits per heavy atom. The fraction of sp³-hybridized carbons (Fsp3) is 0.864. The fourth-order valence-electron chi connectivity index (χ4n) is 9.57. The van der Waals surface area contributed by atoms with Crippen molar-refractivity contribution < 1.29 is 28.6 Å². The van der Waals surface area contributed by atoms with E-state index in [4.69, 9.17) is 14.2 Å². The quantitative estimate of drug-likeness (QED) is 0.0261. The minimum atomic E-state index is -0.773. The highest BCUT2D eigenvalue weighted by molar-refractivity contribution is 5.71. The molecule has 72 heavy (non-hydrogen) atoms. The van der Waals surface area contributed by atoms with Gasteiger partial charge in [0.1, 0.15) is 13.2 Å². The Morgan fingerprint density at radius 2 is 0.500 bits per heavy atom. The second kappa shape index (κ2) is 61.2. The molecule has 422 valence electrons. The molecule has 1 unspecified atom stereocenters. The Kier molecular flexibility index (Phi) is 59.2. The van der Waals surface area contributed by atoms with E-state index in [1.807, 2.05) is 0 Å². The van der Waals surface area contributed by atoms with Crippen LogP contribution in [-0.2, 0) is 28.6 Å². The first-order valence-electron chi connectivity index (χ1n) is 32.0. The minimum Gasteiger partial charge on any atom is -0.462 e. The van der Waals surface area contributed by atoms with Crippen LogP contribution in [0.15, 0.2) is 36.5 Å². The van der Waals surface area contributed by atoms with Gasteiger partial charge in [0.05, 0.1) is 0 Å². The largest absolute Gasteiger partial charge is 0.462 e. The SMILES string of the molecule is CCCCC/C=C\C/C=C\C/C=C\CCCCCCCCC(=O)OC(COC(=O)CCCCCCC)COC(=O)CCCCCCCCCCCCCCCCCCCCCCCCCCCCCCCC. The molecule has 0 aromatic heterocycles. The molecule has 0 aliphatic heterocycles. The molecule has 0 bridgehead atoms. The number of esters is 3. The predicted molar refractivity (Wildman–Crippen MR) is 312 cm³/mol. The van der Waals surface area contributed by atoms with E-state index in [0.717, 1.165) is 83.5 Å². The summed E-state index contributed by atoms with van der Waals surface area (Å²) in [6.45, 7) is 6.57. The van der Waals surface area contributed by atoms with Crippen molar-refractivity contribution in [2.75, 3.05) is 13.2 Å². The van der Waals surface area contributed by atoms with E-state index in [9.17, 15) is 14.4 Å². The van der Waals surface area contributed by atoms with Crippen molar-refractivity contribution in [1.29, 1.82) is 0 Å². The van der Waals surface area contributed by atoms with Gasteiger partial charge in [-0.2, -0.15) is 0 Å². The number of hydrogen-bond acceptors (Lipinski definition) is 6. The lowest BCUT2D eigenvalue weighted by molar-refractivity contribution is -0.167. The van der Waals surface area contributed by atoms with Gasteiger partial charge in [0, 0.05) is 19.3 Å². The van der Waals surface area contributed by atoms with E-state index in [1.54, 1.807) is 0 Å². The maximum atomic E-state index is 12.8. The fourth-order valence-corrected chi connectivity index (χ4v) is 9.57. The van der Waals surface area contributed by atoms with Crippen LogP contribution in [0.2, 0.25) is 0 Å². The summed E-state index contributed by atoms with van der Waals surface area (Å²) in [5, 5.41) is 0. The molecule has 0 spiro atoms. The lowest BCUT2D eigenvalue weighted by Crippen LogP contribution is -2.30. The van der Waals surface area contributed by atoms with Crippen molar-refractivity contribution in [3.63, 3.8) is 0 Å². The molecular weight excluding hydrogens is 889 g/mol. The lowest BCUT2D eigenvalue weighted by atomic mass is 10.0. The Hall–Kier alpha value is -2.37. The van der Waals surface area contributed by atoms with Crippen LogP contribution in [0.4, 0.5) is 0 Å². The van der Waals surface area contributed by atoms with E-state index >= 15 is 0 Å². The number of hydrogen-bond donors (Lipinski definition) is 0. The molecule has 0 N–H and O–H groups in total. The lowest BCUT2D eigenvalue weighted by Gasteiger charge is -2.18. The Bertz CT molecular complexity index is 1210. The van der Waals surface area contributed by atoms with Crippen LogP contribution in [-0.4, -0.2) is 37.2 Å². The van der Waals surface area contributed by atoms with E-state index < -0.39 is 6.10 Å². The van der Waals surface area contributed by atoms with E-state index in [-0.39, 0.29) is 31.1 Å². The van der Waals surface area contributed by atoms with Gasteiger partial charge in [-0.3, -0.25) is 14.4 Å². The third-order valence-electron chi connectivity index (χ3n) is 14.4. The zero-order valence-corrected chi connectivity index (χ0v) is 48.5. The van der Waals surface area contributed by atoms with Gasteiger partial charge in [0.15, 0.2) is 6.10 Å². The van der Waals surface area contributed by atoms with Crippen molar-refractivity contribution in [3.05, 3.63) is 36.5 Å². The van der Waals surface area contributed by atoms with Crippen LogP contribution in [0.25, 0.3) is 0 Å². The molecule has 6 heteroatoms. The first kappa shape index (κ1) is 69.6. The highest BCUT2D eigenvalue weighted by atomic mass is 16.6. The second-order valence-electron chi connectivity index (χ2n) is 21.7. The molecular formula is C66H122O6. The summed E-state index contributed by atoms with van der Waals surface area (Å²) >= 11 is 0. The molecule has 0 saturated heterocycles. The van der Waals surface area contributed by atoms with Gasteiger partial charge in [-0.1, -0.05) is 308 Å². The standard InChI is InChI=1S/C66H122O6/c1-4-7-10-13-15-17-19-21-23-25-27-28-29-30-31-32-33-34-35-36-37-39-40-42-44-46-48-50-53-56-59-65(68)71-62-63(61-70-64(67)58-55-52-12-9-6-3)72-66(69)60-57-54-51-49-47-45-43-41-38-26-24-22-20-18-16-14-11-8-5-2/h16,18,22,24,38,41,63H,4-15,17,19-21,23,25-37,39-40,42-62H2,1-3H3/b18-16-,24-22-,41-38-. The van der Waals surface area contributed by atoms with Gasteiger partial charge in [0.25, 0.3) is 0 Å². The first-order valence-corrected chi connectivity index (χ1v) is 32.0. The summed E-state index contributed by atoms with van der Waals surface area (Å²) in [4.78, 5) is 37.9. The molecule has 0 aliphatic rings. The summed E-state index contributed by atoms with van der Waals surface area (Å²) < 4.78 is 16.8. The maximum Gasteiger partial charge on any atom is 0.306 e. The van der Waals surface area contributed by atoms with Crippen molar-refractivity contribution in [1.82, 2.24) is 0 Å². The van der Waals surface area contributed by atoms with Gasteiger partial charge in [0.2, 0.25) is 0 Å². The molecule has 0 fully saturated rings. The van der Waals surface area contributed by atoms with Crippen LogP contribution in [0.5, 0.6) is 0 Å². The number of ether oxygens (including phenoxy) is 3. The molecule has 6 nitrogen and oxygen atoms in total. The molecule has 0 rings (SSSR count). The molecule has 0 radical (unpaired) electrons. The third-order valence-corrected chi connectivity index (χ3v) is 14.4. The molecule has 0 amide bonds.